The van der Waals surface area contributed by atoms with E-state index < -0.39 is 26.3 Å². The third kappa shape index (κ3) is 3.51. The highest BCUT2D eigenvalue weighted by atomic mass is 31.2. The van der Waals surface area contributed by atoms with Crippen LogP contribution in [0.3, 0.4) is 0 Å². The molecule has 1 aliphatic rings. The van der Waals surface area contributed by atoms with Crippen LogP contribution in [0.4, 0.5) is 0 Å². The number of fused-ring (bicyclic) bond motifs is 1. The zero-order chi connectivity index (χ0) is 17.3. The highest BCUT2D eigenvalue weighted by molar-refractivity contribution is 7.85. The first-order valence-corrected chi connectivity index (χ1v) is 8.80. The second-order valence-corrected chi connectivity index (χ2v) is 6.91. The van der Waals surface area contributed by atoms with Crippen molar-refractivity contribution in [3.05, 3.63) is 12.7 Å². The molecule has 10 nitrogen and oxygen atoms in total. The Balaban J connectivity index is 1.97. The first-order valence-electron chi connectivity index (χ1n) is 7.16. The quantitative estimate of drug-likeness (QED) is 0.566. The third-order valence-electron chi connectivity index (χ3n) is 3.42. The zero-order valence-electron chi connectivity index (χ0n) is 13.1. The van der Waals surface area contributed by atoms with Crippen molar-refractivity contribution in [2.24, 2.45) is 0 Å². The van der Waals surface area contributed by atoms with Gasteiger partial charge in [-0.3, -0.25) is 4.57 Å². The number of aliphatic hydroxyl groups excluding tert-OH is 1. The van der Waals surface area contributed by atoms with Crippen molar-refractivity contribution in [3.63, 3.8) is 0 Å². The van der Waals surface area contributed by atoms with Gasteiger partial charge in [-0.2, -0.15) is 14.0 Å². The van der Waals surface area contributed by atoms with Crippen LogP contribution in [0.2, 0.25) is 0 Å². The number of hydrogen-bond donors (Lipinski definition) is 2. The Morgan fingerprint density at radius 2 is 2.08 bits per heavy atom. The van der Waals surface area contributed by atoms with Gasteiger partial charge in [0.05, 0.1) is 19.5 Å². The molecule has 3 rings (SSSR count). The van der Waals surface area contributed by atoms with Crippen LogP contribution in [0.5, 0.6) is 5.88 Å². The van der Waals surface area contributed by atoms with Crippen molar-refractivity contribution in [2.45, 2.75) is 25.4 Å². The van der Waals surface area contributed by atoms with E-state index in [-0.39, 0.29) is 13.2 Å². The van der Waals surface area contributed by atoms with Crippen molar-refractivity contribution in [1.82, 2.24) is 19.5 Å². The maximum Gasteiger partial charge on any atom is 0.488 e. The molecule has 0 bridgehead atoms. The minimum Gasteiger partial charge on any atom is -0.479 e. The smallest absolute Gasteiger partial charge is 0.479 e. The molecule has 2 aromatic heterocycles. The van der Waals surface area contributed by atoms with E-state index in [0.717, 1.165) is 0 Å². The molecule has 0 spiro atoms. The summed E-state index contributed by atoms with van der Waals surface area (Å²) in [5.41, 5.74) is 0.861. The van der Waals surface area contributed by atoms with Gasteiger partial charge in [0.2, 0.25) is 5.88 Å². The van der Waals surface area contributed by atoms with Gasteiger partial charge in [0.25, 0.3) is 0 Å². The summed E-state index contributed by atoms with van der Waals surface area (Å²) in [5.74, 6) is 0.311. The molecule has 2 N–H and O–H groups in total. The number of rotatable bonds is 2. The van der Waals surface area contributed by atoms with Gasteiger partial charge >= 0.3 is 15.4 Å². The topological polar surface area (TPSA) is 121 Å². The van der Waals surface area contributed by atoms with Gasteiger partial charge in [-0.25, -0.2) is 14.9 Å². The lowest BCUT2D eigenvalue weighted by molar-refractivity contribution is -0.120. The van der Waals surface area contributed by atoms with Crippen LogP contribution < -0.4 is 4.74 Å². The molecular weight excluding hydrogens is 338 g/mol. The van der Waals surface area contributed by atoms with Crippen LogP contribution in [0.15, 0.2) is 12.7 Å². The van der Waals surface area contributed by atoms with Gasteiger partial charge in [-0.05, 0) is 6.92 Å². The monoisotopic (exact) mass is 355 g/mol. The molecule has 1 aliphatic heterocycles. The minimum atomic E-state index is -3.48. The standard InChI is InChI=1S/C12H17BN4O6P/c1-7-3-21-24(13,19)22-4-8(18)12(23-7)17-6-16-9-10(17)14-5-15-11(9)20-2/h5-8,12,18-19H,3-4H2,1-2H3/q+1/t7-,8-,12+,24?/m0/s1. The van der Waals surface area contributed by atoms with E-state index in [1.807, 2.05) is 0 Å². The molecule has 0 aromatic carbocycles. The van der Waals surface area contributed by atoms with Crippen LogP contribution in [0.25, 0.3) is 11.2 Å². The number of ether oxygens (including phenoxy) is 2. The summed E-state index contributed by atoms with van der Waals surface area (Å²) in [5, 5.41) is 10.4. The molecule has 4 atom stereocenters. The van der Waals surface area contributed by atoms with Crippen LogP contribution in [0, 0.1) is 0 Å². The molecule has 12 heteroatoms. The number of aromatic nitrogens is 4. The molecule has 0 aliphatic carbocycles. The summed E-state index contributed by atoms with van der Waals surface area (Å²) in [6.45, 7) is 1.45. The van der Waals surface area contributed by atoms with Gasteiger partial charge in [0.15, 0.2) is 17.4 Å². The molecule has 24 heavy (non-hydrogen) atoms. The Kier molecular flexibility index (Phi) is 5.00. The fourth-order valence-electron chi connectivity index (χ4n) is 2.30. The van der Waals surface area contributed by atoms with Gasteiger partial charge in [0, 0.05) is 0 Å². The van der Waals surface area contributed by atoms with Crippen LogP contribution >= 0.6 is 7.82 Å². The predicted octanol–water partition coefficient (Wildman–Crippen LogP) is -0.0153. The van der Waals surface area contributed by atoms with Crippen molar-refractivity contribution in [1.29, 1.82) is 0 Å². The SMILES string of the molecule is [B][P+]1(O)OC[C@H](C)O[C@@H](n2cnc3c(OC)ncnc32)[C@@H](O)CO1. The third-order valence-corrected chi connectivity index (χ3v) is 4.46. The first kappa shape index (κ1) is 17.5. The summed E-state index contributed by atoms with van der Waals surface area (Å²) in [4.78, 5) is 22.2. The van der Waals surface area contributed by atoms with E-state index in [4.69, 9.17) is 26.1 Å². The normalized spacial score (nSPS) is 32.1. The van der Waals surface area contributed by atoms with Crippen molar-refractivity contribution >= 4 is 26.6 Å². The lowest BCUT2D eigenvalue weighted by Crippen LogP contribution is -2.32. The summed E-state index contributed by atoms with van der Waals surface area (Å²) in [6.07, 6.45) is 0.315. The van der Waals surface area contributed by atoms with Gasteiger partial charge in [0.1, 0.15) is 25.6 Å². The Morgan fingerprint density at radius 1 is 1.33 bits per heavy atom. The van der Waals surface area contributed by atoms with E-state index in [2.05, 4.69) is 15.0 Å². The van der Waals surface area contributed by atoms with Gasteiger partial charge in [-0.15, -0.1) is 0 Å². The maximum absolute atomic E-state index is 10.4. The summed E-state index contributed by atoms with van der Waals surface area (Å²) < 4.78 is 22.7. The highest BCUT2D eigenvalue weighted by Gasteiger charge is 2.40. The van der Waals surface area contributed by atoms with Gasteiger partial charge < -0.3 is 14.6 Å². The summed E-state index contributed by atoms with van der Waals surface area (Å²) in [6, 6.07) is 0. The number of imidazole rings is 1. The van der Waals surface area contributed by atoms with E-state index in [9.17, 15) is 10.00 Å². The lowest BCUT2D eigenvalue weighted by atomic mass is 10.3. The first-order chi connectivity index (χ1) is 11.4. The molecular formula is C12H17BN4O6P+. The van der Waals surface area contributed by atoms with Crippen LogP contribution in [-0.4, -0.2) is 69.6 Å². The largest absolute Gasteiger partial charge is 0.488 e. The minimum absolute atomic E-state index is 0.00886. The lowest BCUT2D eigenvalue weighted by Gasteiger charge is -2.25. The number of methoxy groups -OCH3 is 1. The molecule has 1 fully saturated rings. The fourth-order valence-corrected chi connectivity index (χ4v) is 3.16. The number of hydrogen-bond acceptors (Lipinski definition) is 9. The molecule has 0 amide bonds. The predicted molar refractivity (Wildman–Crippen MR) is 84.3 cm³/mol. The summed E-state index contributed by atoms with van der Waals surface area (Å²) in [7, 11) is 3.53. The number of aliphatic hydroxyl groups is 1. The second kappa shape index (κ2) is 6.87. The molecule has 128 valence electrons. The van der Waals surface area contributed by atoms with E-state index in [1.54, 1.807) is 11.5 Å². The molecule has 2 radical (unpaired) electrons. The van der Waals surface area contributed by atoms with E-state index >= 15 is 0 Å². The molecule has 2 aromatic rings. The molecule has 3 heterocycles. The fraction of sp³-hybridized carbons (Fsp3) is 0.583. The highest BCUT2D eigenvalue weighted by Crippen LogP contribution is 2.52. The van der Waals surface area contributed by atoms with Crippen LogP contribution in [-0.2, 0) is 13.8 Å². The number of nitrogens with zero attached hydrogens (tertiary/aromatic N) is 4. The van der Waals surface area contributed by atoms with Crippen molar-refractivity contribution < 1.29 is 28.5 Å². The Bertz CT molecular complexity index is 716. The molecule has 1 unspecified atom stereocenters. The zero-order valence-corrected chi connectivity index (χ0v) is 14.0. The van der Waals surface area contributed by atoms with Crippen molar-refractivity contribution in [2.75, 3.05) is 20.3 Å². The Labute approximate surface area is 139 Å². The molecule has 1 saturated heterocycles. The molecule has 0 saturated carbocycles. The van der Waals surface area contributed by atoms with E-state index in [1.165, 1.54) is 19.8 Å². The Morgan fingerprint density at radius 3 is 2.83 bits per heavy atom. The Hall–Kier alpha value is -1.36. The van der Waals surface area contributed by atoms with Gasteiger partial charge in [-0.1, -0.05) is 0 Å². The second-order valence-electron chi connectivity index (χ2n) is 5.27. The summed E-state index contributed by atoms with van der Waals surface area (Å²) >= 11 is 0. The van der Waals surface area contributed by atoms with Crippen LogP contribution in [0.1, 0.15) is 13.2 Å². The maximum atomic E-state index is 10.4. The van der Waals surface area contributed by atoms with Crippen molar-refractivity contribution in [3.8, 4) is 5.88 Å². The average molecular weight is 355 g/mol. The average Bonchev–Trinajstić information content (AvgIpc) is 3.00. The van der Waals surface area contributed by atoms with E-state index in [0.29, 0.717) is 17.0 Å².